The van der Waals surface area contributed by atoms with E-state index in [0.717, 1.165) is 45.2 Å². The van der Waals surface area contributed by atoms with Crippen molar-refractivity contribution >= 4 is 34.0 Å². The Morgan fingerprint density at radius 3 is 2.47 bits per heavy atom. The van der Waals surface area contributed by atoms with Crippen LogP contribution in [0.1, 0.15) is 16.3 Å². The highest BCUT2D eigenvalue weighted by Gasteiger charge is 2.11. The molecular formula is C26H22N4OS. The molecule has 2 aromatic heterocycles. The van der Waals surface area contributed by atoms with Crippen molar-refractivity contribution in [3.8, 4) is 11.4 Å². The Kier molecular flexibility index (Phi) is 5.52. The minimum atomic E-state index is -0.0722. The Balaban J connectivity index is 1.23. The summed E-state index contributed by atoms with van der Waals surface area (Å²) < 4.78 is 2.08. The van der Waals surface area contributed by atoms with Crippen LogP contribution in [0.2, 0.25) is 0 Å². The molecule has 0 radical (unpaired) electrons. The molecule has 1 amide bonds. The number of rotatable bonds is 6. The monoisotopic (exact) mass is 438 g/mol. The number of aryl methyl sites for hydroxylation is 1. The summed E-state index contributed by atoms with van der Waals surface area (Å²) in [7, 11) is 2.01. The first-order chi connectivity index (χ1) is 15.7. The molecule has 0 aliphatic carbocycles. The number of aromatic nitrogens is 3. The molecule has 0 aliphatic rings. The van der Waals surface area contributed by atoms with E-state index in [-0.39, 0.29) is 12.3 Å². The van der Waals surface area contributed by atoms with Gasteiger partial charge in [0.25, 0.3) is 0 Å². The van der Waals surface area contributed by atoms with Crippen molar-refractivity contribution in [1.82, 2.24) is 14.5 Å². The fourth-order valence-corrected chi connectivity index (χ4v) is 4.59. The highest BCUT2D eigenvalue weighted by molar-refractivity contribution is 7.09. The van der Waals surface area contributed by atoms with E-state index >= 15 is 0 Å². The first-order valence-corrected chi connectivity index (χ1v) is 11.3. The molecular weight excluding hydrogens is 416 g/mol. The number of anilines is 1. The first-order valence-electron chi connectivity index (χ1n) is 10.4. The molecule has 158 valence electrons. The molecule has 0 aliphatic heterocycles. The number of benzene rings is 3. The number of para-hydroxylation sites is 2. The van der Waals surface area contributed by atoms with Gasteiger partial charge in [0, 0.05) is 30.1 Å². The summed E-state index contributed by atoms with van der Waals surface area (Å²) >= 11 is 1.59. The third-order valence-corrected chi connectivity index (χ3v) is 6.25. The van der Waals surface area contributed by atoms with Gasteiger partial charge in [0.15, 0.2) is 0 Å². The van der Waals surface area contributed by atoms with Crippen molar-refractivity contribution in [2.45, 2.75) is 12.8 Å². The van der Waals surface area contributed by atoms with Gasteiger partial charge in [-0.1, -0.05) is 42.5 Å². The summed E-state index contributed by atoms with van der Waals surface area (Å²) in [5, 5.41) is 5.95. The van der Waals surface area contributed by atoms with E-state index in [1.807, 2.05) is 73.1 Å². The van der Waals surface area contributed by atoms with E-state index in [2.05, 4.69) is 33.1 Å². The van der Waals surface area contributed by atoms with Crippen molar-refractivity contribution in [3.63, 3.8) is 0 Å². The van der Waals surface area contributed by atoms with Crippen molar-refractivity contribution in [1.29, 1.82) is 0 Å². The lowest BCUT2D eigenvalue weighted by Gasteiger charge is -2.06. The Morgan fingerprint density at radius 1 is 0.938 bits per heavy atom. The van der Waals surface area contributed by atoms with Crippen LogP contribution in [0, 0.1) is 0 Å². The van der Waals surface area contributed by atoms with Gasteiger partial charge in [0.2, 0.25) is 5.91 Å². The maximum absolute atomic E-state index is 12.5. The largest absolute Gasteiger partial charge is 0.327 e. The lowest BCUT2D eigenvalue weighted by molar-refractivity contribution is -0.115. The smallest absolute Gasteiger partial charge is 0.230 e. The summed E-state index contributed by atoms with van der Waals surface area (Å²) in [5.74, 6) is 0.828. The Morgan fingerprint density at radius 2 is 1.69 bits per heavy atom. The minimum absolute atomic E-state index is 0.0722. The highest BCUT2D eigenvalue weighted by Crippen LogP contribution is 2.25. The average molecular weight is 439 g/mol. The van der Waals surface area contributed by atoms with Crippen LogP contribution in [-0.4, -0.2) is 20.4 Å². The first kappa shape index (κ1) is 20.2. The quantitative estimate of drug-likeness (QED) is 0.382. The third kappa shape index (κ3) is 4.31. The zero-order valence-corrected chi connectivity index (χ0v) is 18.5. The number of fused-ring (bicyclic) bond motifs is 1. The summed E-state index contributed by atoms with van der Waals surface area (Å²) in [6.07, 6.45) is 1.05. The van der Waals surface area contributed by atoms with Crippen LogP contribution in [0.25, 0.3) is 22.4 Å². The van der Waals surface area contributed by atoms with E-state index in [9.17, 15) is 4.79 Å². The van der Waals surface area contributed by atoms with Gasteiger partial charge < -0.3 is 9.88 Å². The standard InChI is InChI=1S/C26H22N4OS/c1-30-23-10-6-5-9-22(23)29-26(30)19-11-13-20(14-12-19)27-24(31)16-21-17-32-25(28-21)15-18-7-3-2-4-8-18/h2-14,17H,15-16H2,1H3,(H,27,31). The Hall–Kier alpha value is -3.77. The number of imidazole rings is 1. The van der Waals surface area contributed by atoms with E-state index in [1.54, 1.807) is 11.3 Å². The van der Waals surface area contributed by atoms with Gasteiger partial charge in [-0.05, 0) is 42.0 Å². The van der Waals surface area contributed by atoms with Crippen LogP contribution in [0.5, 0.6) is 0 Å². The molecule has 1 N–H and O–H groups in total. The highest BCUT2D eigenvalue weighted by atomic mass is 32.1. The summed E-state index contributed by atoms with van der Waals surface area (Å²) in [5.41, 5.74) is 5.85. The molecule has 0 spiro atoms. The molecule has 5 nitrogen and oxygen atoms in total. The maximum Gasteiger partial charge on any atom is 0.230 e. The van der Waals surface area contributed by atoms with Crippen molar-refractivity contribution < 1.29 is 4.79 Å². The second-order valence-corrected chi connectivity index (χ2v) is 8.62. The van der Waals surface area contributed by atoms with Crippen molar-refractivity contribution in [3.05, 3.63) is 101 Å². The van der Waals surface area contributed by atoms with E-state index < -0.39 is 0 Å². The van der Waals surface area contributed by atoms with E-state index in [4.69, 9.17) is 4.98 Å². The molecule has 0 unspecified atom stereocenters. The SMILES string of the molecule is Cn1c(-c2ccc(NC(=O)Cc3csc(Cc4ccccc4)n3)cc2)nc2ccccc21. The zero-order chi connectivity index (χ0) is 21.9. The molecule has 5 rings (SSSR count). The van der Waals surface area contributed by atoms with E-state index in [1.165, 1.54) is 5.56 Å². The van der Waals surface area contributed by atoms with Crippen LogP contribution in [0.15, 0.2) is 84.2 Å². The predicted octanol–water partition coefficient (Wildman–Crippen LogP) is 5.47. The fraction of sp³-hybridized carbons (Fsp3) is 0.115. The molecule has 5 aromatic rings. The molecule has 0 atom stereocenters. The average Bonchev–Trinajstić information content (AvgIpc) is 3.39. The van der Waals surface area contributed by atoms with E-state index in [0.29, 0.717) is 0 Å². The number of amides is 1. The number of nitrogens with zero attached hydrogens (tertiary/aromatic N) is 3. The summed E-state index contributed by atoms with van der Waals surface area (Å²) in [6, 6.07) is 26.1. The molecule has 6 heteroatoms. The molecule has 2 heterocycles. The molecule has 0 saturated carbocycles. The number of hydrogen-bond acceptors (Lipinski definition) is 4. The van der Waals surface area contributed by atoms with Crippen LogP contribution in [-0.2, 0) is 24.7 Å². The molecule has 32 heavy (non-hydrogen) atoms. The van der Waals surface area contributed by atoms with Gasteiger partial charge >= 0.3 is 0 Å². The lowest BCUT2D eigenvalue weighted by Crippen LogP contribution is -2.14. The molecule has 0 saturated heterocycles. The van der Waals surface area contributed by atoms with Gasteiger partial charge in [0.05, 0.1) is 28.2 Å². The number of carbonyl (C=O) groups excluding carboxylic acids is 1. The van der Waals surface area contributed by atoms with Crippen LogP contribution >= 0.6 is 11.3 Å². The Bertz CT molecular complexity index is 1370. The third-order valence-electron chi connectivity index (χ3n) is 5.35. The van der Waals surface area contributed by atoms with Gasteiger partial charge in [0.1, 0.15) is 5.82 Å². The lowest BCUT2D eigenvalue weighted by atomic mass is 10.2. The topological polar surface area (TPSA) is 59.8 Å². The van der Waals surface area contributed by atoms with Crippen LogP contribution in [0.3, 0.4) is 0 Å². The second kappa shape index (κ2) is 8.77. The normalized spacial score (nSPS) is 11.0. The number of hydrogen-bond donors (Lipinski definition) is 1. The van der Waals surface area contributed by atoms with Crippen LogP contribution in [0.4, 0.5) is 5.69 Å². The van der Waals surface area contributed by atoms with Crippen LogP contribution < -0.4 is 5.32 Å². The second-order valence-electron chi connectivity index (χ2n) is 7.68. The van der Waals surface area contributed by atoms with Gasteiger partial charge in [-0.3, -0.25) is 4.79 Å². The molecule has 3 aromatic carbocycles. The van der Waals surface area contributed by atoms with Gasteiger partial charge in [-0.2, -0.15) is 0 Å². The molecule has 0 fully saturated rings. The minimum Gasteiger partial charge on any atom is -0.327 e. The zero-order valence-electron chi connectivity index (χ0n) is 17.7. The predicted molar refractivity (Wildman–Crippen MR) is 130 cm³/mol. The summed E-state index contributed by atoms with van der Waals surface area (Å²) in [6.45, 7) is 0. The van der Waals surface area contributed by atoms with Crippen molar-refractivity contribution in [2.75, 3.05) is 5.32 Å². The van der Waals surface area contributed by atoms with Gasteiger partial charge in [-0.25, -0.2) is 9.97 Å². The number of carbonyl (C=O) groups is 1. The Labute approximate surface area is 190 Å². The number of thiazole rings is 1. The van der Waals surface area contributed by atoms with Crippen molar-refractivity contribution in [2.24, 2.45) is 7.05 Å². The fourth-order valence-electron chi connectivity index (χ4n) is 3.76. The maximum atomic E-state index is 12.5. The van der Waals surface area contributed by atoms with Gasteiger partial charge in [-0.15, -0.1) is 11.3 Å². The number of nitrogens with one attached hydrogen (secondary N) is 1. The molecule has 0 bridgehead atoms. The summed E-state index contributed by atoms with van der Waals surface area (Å²) in [4.78, 5) is 21.9.